The van der Waals surface area contributed by atoms with Gasteiger partial charge in [0.2, 0.25) is 5.91 Å². The standard InChI is InChI=1S/C27H36N8O2S/c1-32(2)10-4-6-25(36)34-11-7-21(8-12-34)35(27-30-22-5-3-9-29-26(22)38-27)24-18-20(17-23(28)31-24)19-33-13-15-37-16-14-33/h3-6,9,17-18,21H,7-8,10-16,19H2,1-2H3,(H2,28,31)/b6-4+. The van der Waals surface area contributed by atoms with Crippen LogP contribution in [0.2, 0.25) is 0 Å². The smallest absolute Gasteiger partial charge is 0.246 e. The van der Waals surface area contributed by atoms with Crippen LogP contribution in [0.25, 0.3) is 10.3 Å². The van der Waals surface area contributed by atoms with E-state index >= 15 is 0 Å². The van der Waals surface area contributed by atoms with Crippen molar-refractivity contribution in [2.24, 2.45) is 0 Å². The summed E-state index contributed by atoms with van der Waals surface area (Å²) >= 11 is 1.56. The number of rotatable bonds is 8. The van der Waals surface area contributed by atoms with Gasteiger partial charge < -0.3 is 20.3 Å². The average molecular weight is 537 g/mol. The summed E-state index contributed by atoms with van der Waals surface area (Å²) < 4.78 is 5.51. The lowest BCUT2D eigenvalue weighted by Crippen LogP contribution is -2.45. The highest BCUT2D eigenvalue weighted by atomic mass is 32.1. The Bertz CT molecular complexity index is 1230. The number of amides is 1. The van der Waals surface area contributed by atoms with Crippen molar-refractivity contribution < 1.29 is 9.53 Å². The molecular formula is C27H36N8O2S. The van der Waals surface area contributed by atoms with Crippen molar-refractivity contribution in [2.45, 2.75) is 25.4 Å². The Morgan fingerprint density at radius 2 is 1.97 bits per heavy atom. The fourth-order valence-corrected chi connectivity index (χ4v) is 5.93. The third-order valence-corrected chi connectivity index (χ3v) is 7.86. The van der Waals surface area contributed by atoms with Crippen LogP contribution in [0.3, 0.4) is 0 Å². The molecule has 11 heteroatoms. The van der Waals surface area contributed by atoms with Crippen LogP contribution in [0.5, 0.6) is 0 Å². The van der Waals surface area contributed by atoms with Gasteiger partial charge in [-0.25, -0.2) is 15.0 Å². The van der Waals surface area contributed by atoms with Crippen molar-refractivity contribution in [1.29, 1.82) is 0 Å². The van der Waals surface area contributed by atoms with E-state index in [2.05, 4.69) is 20.9 Å². The van der Waals surface area contributed by atoms with E-state index in [0.717, 1.165) is 79.1 Å². The lowest BCUT2D eigenvalue weighted by Gasteiger charge is -2.38. The molecule has 202 valence electrons. The summed E-state index contributed by atoms with van der Waals surface area (Å²) in [5.74, 6) is 1.35. The number of hydrogen-bond acceptors (Lipinski definition) is 10. The monoisotopic (exact) mass is 536 g/mol. The topological polar surface area (TPSA) is 104 Å². The Balaban J connectivity index is 1.40. The lowest BCUT2D eigenvalue weighted by molar-refractivity contribution is -0.127. The molecule has 3 aromatic rings. The molecule has 0 atom stereocenters. The molecule has 5 heterocycles. The zero-order chi connectivity index (χ0) is 26.5. The normalized spacial score (nSPS) is 17.6. The number of fused-ring (bicyclic) bond motifs is 1. The maximum absolute atomic E-state index is 12.7. The lowest BCUT2D eigenvalue weighted by atomic mass is 10.0. The maximum Gasteiger partial charge on any atom is 0.246 e. The van der Waals surface area contributed by atoms with Gasteiger partial charge in [0.05, 0.1) is 13.2 Å². The van der Waals surface area contributed by atoms with Crippen LogP contribution in [0.1, 0.15) is 18.4 Å². The van der Waals surface area contributed by atoms with Crippen LogP contribution in [0.15, 0.2) is 42.6 Å². The van der Waals surface area contributed by atoms with Crippen LogP contribution in [-0.2, 0) is 16.1 Å². The summed E-state index contributed by atoms with van der Waals surface area (Å²) in [5.41, 5.74) is 8.33. The molecule has 0 radical (unpaired) electrons. The molecule has 0 spiro atoms. The number of anilines is 3. The van der Waals surface area contributed by atoms with Gasteiger partial charge >= 0.3 is 0 Å². The second-order valence-electron chi connectivity index (χ2n) is 10.1. The van der Waals surface area contributed by atoms with Crippen molar-refractivity contribution >= 4 is 44.4 Å². The van der Waals surface area contributed by atoms with Gasteiger partial charge in [-0.05, 0) is 56.8 Å². The van der Waals surface area contributed by atoms with Gasteiger partial charge in [-0.15, -0.1) is 0 Å². The van der Waals surface area contributed by atoms with Gasteiger partial charge in [0, 0.05) is 57.6 Å². The highest BCUT2D eigenvalue weighted by molar-refractivity contribution is 7.21. The SMILES string of the molecule is CN(C)C/C=C/C(=O)N1CCC(N(c2cc(CN3CCOCC3)cc(N)n2)c2nc3cccnc3s2)CC1. The van der Waals surface area contributed by atoms with E-state index in [-0.39, 0.29) is 11.9 Å². The van der Waals surface area contributed by atoms with Gasteiger partial charge in [0.15, 0.2) is 5.13 Å². The highest BCUT2D eigenvalue weighted by Crippen LogP contribution is 2.36. The zero-order valence-electron chi connectivity index (χ0n) is 22.1. The fraction of sp³-hybridized carbons (Fsp3) is 0.481. The van der Waals surface area contributed by atoms with Crippen LogP contribution in [0.4, 0.5) is 16.8 Å². The van der Waals surface area contributed by atoms with E-state index in [4.69, 9.17) is 20.4 Å². The van der Waals surface area contributed by atoms with Gasteiger partial charge in [-0.2, -0.15) is 0 Å². The second-order valence-corrected chi connectivity index (χ2v) is 11.0. The number of nitrogen functional groups attached to an aromatic ring is 1. The minimum atomic E-state index is 0.0657. The van der Waals surface area contributed by atoms with E-state index in [0.29, 0.717) is 18.9 Å². The number of aromatic nitrogens is 3. The van der Waals surface area contributed by atoms with Crippen LogP contribution >= 0.6 is 11.3 Å². The molecule has 0 saturated carbocycles. The predicted molar refractivity (Wildman–Crippen MR) is 152 cm³/mol. The van der Waals surface area contributed by atoms with Gasteiger partial charge in [-0.3, -0.25) is 14.6 Å². The highest BCUT2D eigenvalue weighted by Gasteiger charge is 2.30. The number of nitrogens with two attached hydrogens (primary N) is 1. The van der Waals surface area contributed by atoms with Crippen LogP contribution in [0, 0.1) is 0 Å². The molecule has 0 unspecified atom stereocenters. The van der Waals surface area contributed by atoms with Crippen molar-refractivity contribution in [1.82, 2.24) is 29.7 Å². The predicted octanol–water partition coefficient (Wildman–Crippen LogP) is 2.75. The number of piperidine rings is 1. The minimum Gasteiger partial charge on any atom is -0.384 e. The van der Waals surface area contributed by atoms with Crippen LogP contribution in [-0.4, -0.2) is 102 Å². The molecule has 2 aliphatic heterocycles. The summed E-state index contributed by atoms with van der Waals surface area (Å²) in [6, 6.07) is 8.11. The second kappa shape index (κ2) is 12.2. The number of likely N-dealkylation sites (tertiary alicyclic amines) is 1. The Kier molecular flexibility index (Phi) is 8.48. The van der Waals surface area contributed by atoms with Crippen LogP contribution < -0.4 is 10.6 Å². The first-order valence-corrected chi connectivity index (χ1v) is 14.0. The Morgan fingerprint density at radius 3 is 2.71 bits per heavy atom. The van der Waals surface area contributed by atoms with E-state index in [1.807, 2.05) is 48.2 Å². The molecule has 0 aromatic carbocycles. The average Bonchev–Trinajstić information content (AvgIpc) is 3.33. The summed E-state index contributed by atoms with van der Waals surface area (Å²) in [6.45, 7) is 6.21. The number of carbonyl (C=O) groups is 1. The number of likely N-dealkylation sites (N-methyl/N-ethyl adjacent to an activating group) is 1. The van der Waals surface area contributed by atoms with Gasteiger partial charge in [-0.1, -0.05) is 17.4 Å². The van der Waals surface area contributed by atoms with Crippen molar-refractivity contribution in [2.75, 3.05) is 70.7 Å². The van der Waals surface area contributed by atoms with Gasteiger partial charge in [0.25, 0.3) is 0 Å². The molecule has 38 heavy (non-hydrogen) atoms. The summed E-state index contributed by atoms with van der Waals surface area (Å²) in [4.78, 5) is 36.4. The molecule has 0 bridgehead atoms. The third kappa shape index (κ3) is 6.47. The summed E-state index contributed by atoms with van der Waals surface area (Å²) in [5, 5.41) is 0.852. The number of ether oxygens (including phenoxy) is 1. The molecule has 2 N–H and O–H groups in total. The van der Waals surface area contributed by atoms with Crippen molar-refractivity contribution in [3.63, 3.8) is 0 Å². The van der Waals surface area contributed by atoms with E-state index in [1.54, 1.807) is 23.6 Å². The summed E-state index contributed by atoms with van der Waals surface area (Å²) in [7, 11) is 3.98. The number of nitrogens with zero attached hydrogens (tertiary/aromatic N) is 7. The molecule has 2 fully saturated rings. The molecule has 10 nitrogen and oxygen atoms in total. The first-order valence-electron chi connectivity index (χ1n) is 13.1. The minimum absolute atomic E-state index is 0.0657. The molecule has 3 aromatic heterocycles. The Morgan fingerprint density at radius 1 is 1.18 bits per heavy atom. The zero-order valence-corrected chi connectivity index (χ0v) is 22.9. The fourth-order valence-electron chi connectivity index (χ4n) is 4.94. The largest absolute Gasteiger partial charge is 0.384 e. The molecule has 5 rings (SSSR count). The third-order valence-electron chi connectivity index (χ3n) is 6.88. The summed E-state index contributed by atoms with van der Waals surface area (Å²) in [6.07, 6.45) is 7.02. The number of thiazole rings is 1. The van der Waals surface area contributed by atoms with E-state index in [1.165, 1.54) is 0 Å². The van der Waals surface area contributed by atoms with E-state index in [9.17, 15) is 4.79 Å². The van der Waals surface area contributed by atoms with Crippen molar-refractivity contribution in [3.8, 4) is 0 Å². The maximum atomic E-state index is 12.7. The molecular weight excluding hydrogens is 500 g/mol. The number of hydrogen-bond donors (Lipinski definition) is 1. The Hall–Kier alpha value is -3.12. The first kappa shape index (κ1) is 26.5. The molecule has 2 saturated heterocycles. The number of pyridine rings is 2. The molecule has 0 aliphatic carbocycles. The number of morpholine rings is 1. The quantitative estimate of drug-likeness (QED) is 0.435. The number of carbonyl (C=O) groups excluding carboxylic acids is 1. The Labute approximate surface area is 227 Å². The molecule has 2 aliphatic rings. The van der Waals surface area contributed by atoms with Crippen molar-refractivity contribution in [3.05, 3.63) is 48.2 Å². The van der Waals surface area contributed by atoms with Gasteiger partial charge in [0.1, 0.15) is 22.0 Å². The first-order chi connectivity index (χ1) is 18.5. The molecule has 1 amide bonds. The van der Waals surface area contributed by atoms with E-state index < -0.39 is 0 Å².